The molecule has 1 aromatic carbocycles. The molecule has 2 rings (SSSR count). The molecule has 0 spiro atoms. The summed E-state index contributed by atoms with van der Waals surface area (Å²) in [5, 5.41) is 0. The number of fused-ring (bicyclic) bond motifs is 1. The van der Waals surface area contributed by atoms with E-state index in [4.69, 9.17) is 10.5 Å². The zero-order valence-corrected chi connectivity index (χ0v) is 13.1. The molecule has 2 N–H and O–H groups in total. The summed E-state index contributed by atoms with van der Waals surface area (Å²) in [7, 11) is 0. The molecule has 4 nitrogen and oxygen atoms in total. The lowest BCUT2D eigenvalue weighted by atomic mass is 9.96. The van der Waals surface area contributed by atoms with Gasteiger partial charge < -0.3 is 15.4 Å². The van der Waals surface area contributed by atoms with Crippen LogP contribution in [0.2, 0.25) is 0 Å². The third kappa shape index (κ3) is 3.97. The highest BCUT2D eigenvalue weighted by molar-refractivity contribution is 5.76. The number of rotatable bonds is 6. The molecule has 0 bridgehead atoms. The van der Waals surface area contributed by atoms with E-state index >= 15 is 0 Å². The van der Waals surface area contributed by atoms with Crippen molar-refractivity contribution in [3.8, 4) is 0 Å². The Morgan fingerprint density at radius 2 is 2.24 bits per heavy atom. The van der Waals surface area contributed by atoms with Gasteiger partial charge in [0.25, 0.3) is 0 Å². The summed E-state index contributed by atoms with van der Waals surface area (Å²) in [6, 6.07) is 5.90. The number of anilines is 1. The molecule has 1 atom stereocenters. The quantitative estimate of drug-likeness (QED) is 0.817. The van der Waals surface area contributed by atoms with Gasteiger partial charge in [0.15, 0.2) is 0 Å². The van der Waals surface area contributed by atoms with Crippen LogP contribution in [-0.2, 0) is 22.4 Å². The molecule has 0 radical (unpaired) electrons. The first-order valence-electron chi connectivity index (χ1n) is 7.94. The van der Waals surface area contributed by atoms with Crippen LogP contribution in [0, 0.1) is 0 Å². The minimum atomic E-state index is -0.571. The normalized spacial score (nSPS) is 15.5. The van der Waals surface area contributed by atoms with E-state index in [-0.39, 0.29) is 5.97 Å². The molecule has 1 aromatic rings. The maximum absolute atomic E-state index is 11.6. The number of aryl methyl sites for hydroxylation is 1. The van der Waals surface area contributed by atoms with Gasteiger partial charge in [-0.2, -0.15) is 0 Å². The minimum Gasteiger partial charge on any atom is -0.465 e. The lowest BCUT2D eigenvalue weighted by Gasteiger charge is -2.31. The van der Waals surface area contributed by atoms with Gasteiger partial charge in [0.1, 0.15) is 6.04 Å². The van der Waals surface area contributed by atoms with Crippen LogP contribution in [0.5, 0.6) is 0 Å². The maximum Gasteiger partial charge on any atom is 0.323 e. The molecule has 4 heteroatoms. The second-order valence-electron chi connectivity index (χ2n) is 5.62. The molecule has 1 aliphatic rings. The van der Waals surface area contributed by atoms with Crippen molar-refractivity contribution in [2.24, 2.45) is 5.73 Å². The van der Waals surface area contributed by atoms with Crippen molar-refractivity contribution in [1.29, 1.82) is 0 Å². The van der Waals surface area contributed by atoms with E-state index in [0.29, 0.717) is 13.0 Å². The molecule has 1 aliphatic heterocycles. The summed E-state index contributed by atoms with van der Waals surface area (Å²) in [5.41, 5.74) is 9.74. The fourth-order valence-electron chi connectivity index (χ4n) is 2.94. The van der Waals surface area contributed by atoms with Crippen LogP contribution in [0.4, 0.5) is 5.69 Å². The van der Waals surface area contributed by atoms with Gasteiger partial charge in [-0.3, -0.25) is 4.79 Å². The molecule has 0 aromatic heterocycles. The first kappa shape index (κ1) is 15.8. The monoisotopic (exact) mass is 290 g/mol. The van der Waals surface area contributed by atoms with Crippen molar-refractivity contribution >= 4 is 11.7 Å². The second kappa shape index (κ2) is 7.46. The summed E-state index contributed by atoms with van der Waals surface area (Å²) in [4.78, 5) is 14.1. The zero-order valence-electron chi connectivity index (χ0n) is 13.1. The highest BCUT2D eigenvalue weighted by atomic mass is 16.5. The lowest BCUT2D eigenvalue weighted by molar-refractivity contribution is -0.144. The number of benzene rings is 1. The third-order valence-electron chi connectivity index (χ3n) is 3.90. The fraction of sp³-hybridized carbons (Fsp3) is 0.588. The average molecular weight is 290 g/mol. The van der Waals surface area contributed by atoms with Gasteiger partial charge in [0.2, 0.25) is 0 Å². The number of hydrogen-bond donors (Lipinski definition) is 1. The molecule has 1 heterocycles. The molecular weight excluding hydrogens is 264 g/mol. The Labute approximate surface area is 127 Å². The third-order valence-corrected chi connectivity index (χ3v) is 3.90. The van der Waals surface area contributed by atoms with Crippen LogP contribution in [0.1, 0.15) is 37.8 Å². The molecule has 116 valence electrons. The van der Waals surface area contributed by atoms with Gasteiger partial charge in [-0.25, -0.2) is 0 Å². The number of nitrogens with two attached hydrogens (primary N) is 1. The smallest absolute Gasteiger partial charge is 0.323 e. The Bertz CT molecular complexity index is 488. The Morgan fingerprint density at radius 3 is 2.95 bits per heavy atom. The molecule has 0 fully saturated rings. The summed E-state index contributed by atoms with van der Waals surface area (Å²) < 4.78 is 4.97. The summed E-state index contributed by atoms with van der Waals surface area (Å²) in [6.07, 6.45) is 4.01. The standard InChI is InChI=1S/C17H26N2O2/c1-3-9-19-10-5-6-14-11-13(7-8-16(14)19)12-15(18)17(20)21-4-2/h7-8,11,15H,3-6,9-10,12,18H2,1-2H3. The molecular formula is C17H26N2O2. The first-order valence-corrected chi connectivity index (χ1v) is 7.94. The predicted molar refractivity (Wildman–Crippen MR) is 85.6 cm³/mol. The van der Waals surface area contributed by atoms with E-state index in [2.05, 4.69) is 30.0 Å². The molecule has 0 saturated heterocycles. The van der Waals surface area contributed by atoms with Gasteiger partial charge >= 0.3 is 5.97 Å². The summed E-state index contributed by atoms with van der Waals surface area (Å²) >= 11 is 0. The number of nitrogens with zero attached hydrogens (tertiary/aromatic N) is 1. The van der Waals surface area contributed by atoms with E-state index in [9.17, 15) is 4.79 Å². The van der Waals surface area contributed by atoms with Crippen molar-refractivity contribution in [2.45, 2.75) is 45.6 Å². The number of esters is 1. The highest BCUT2D eigenvalue weighted by Crippen LogP contribution is 2.28. The number of carbonyl (C=O) groups excluding carboxylic acids is 1. The Balaban J connectivity index is 2.08. The predicted octanol–water partition coefficient (Wildman–Crippen LogP) is 2.28. The topological polar surface area (TPSA) is 55.6 Å². The number of ether oxygens (including phenoxy) is 1. The molecule has 1 unspecified atom stereocenters. The SMILES string of the molecule is CCCN1CCCc2cc(CC(N)C(=O)OCC)ccc21. The van der Waals surface area contributed by atoms with E-state index < -0.39 is 6.04 Å². The van der Waals surface area contributed by atoms with Gasteiger partial charge in [-0.05, 0) is 49.8 Å². The van der Waals surface area contributed by atoms with Gasteiger partial charge in [0, 0.05) is 18.8 Å². The Morgan fingerprint density at radius 1 is 1.43 bits per heavy atom. The van der Waals surface area contributed by atoms with Crippen LogP contribution in [0.25, 0.3) is 0 Å². The van der Waals surface area contributed by atoms with E-state index in [0.717, 1.165) is 31.5 Å². The van der Waals surface area contributed by atoms with Crippen molar-refractivity contribution in [3.63, 3.8) is 0 Å². The van der Waals surface area contributed by atoms with Crippen LogP contribution < -0.4 is 10.6 Å². The van der Waals surface area contributed by atoms with Crippen molar-refractivity contribution < 1.29 is 9.53 Å². The second-order valence-corrected chi connectivity index (χ2v) is 5.62. The Hall–Kier alpha value is -1.55. The summed E-state index contributed by atoms with van der Waals surface area (Å²) in [5.74, 6) is -0.317. The Kier molecular flexibility index (Phi) is 5.62. The van der Waals surface area contributed by atoms with Crippen LogP contribution in [-0.4, -0.2) is 31.7 Å². The van der Waals surface area contributed by atoms with Crippen molar-refractivity contribution in [1.82, 2.24) is 0 Å². The fourth-order valence-corrected chi connectivity index (χ4v) is 2.94. The van der Waals surface area contributed by atoms with Crippen LogP contribution >= 0.6 is 0 Å². The largest absolute Gasteiger partial charge is 0.465 e. The first-order chi connectivity index (χ1) is 10.2. The van der Waals surface area contributed by atoms with Crippen LogP contribution in [0.3, 0.4) is 0 Å². The molecule has 0 amide bonds. The van der Waals surface area contributed by atoms with Gasteiger partial charge in [-0.15, -0.1) is 0 Å². The average Bonchev–Trinajstić information content (AvgIpc) is 2.48. The summed E-state index contributed by atoms with van der Waals surface area (Å²) in [6.45, 7) is 6.63. The van der Waals surface area contributed by atoms with E-state index in [1.807, 2.05) is 0 Å². The zero-order chi connectivity index (χ0) is 15.2. The molecule has 0 aliphatic carbocycles. The van der Waals surface area contributed by atoms with Gasteiger partial charge in [-0.1, -0.05) is 19.1 Å². The lowest BCUT2D eigenvalue weighted by Crippen LogP contribution is -2.34. The number of hydrogen-bond acceptors (Lipinski definition) is 4. The maximum atomic E-state index is 11.6. The van der Waals surface area contributed by atoms with Crippen molar-refractivity contribution in [3.05, 3.63) is 29.3 Å². The van der Waals surface area contributed by atoms with E-state index in [1.165, 1.54) is 17.7 Å². The van der Waals surface area contributed by atoms with Crippen LogP contribution in [0.15, 0.2) is 18.2 Å². The molecule has 21 heavy (non-hydrogen) atoms. The molecule has 0 saturated carbocycles. The van der Waals surface area contributed by atoms with Crippen molar-refractivity contribution in [2.75, 3.05) is 24.6 Å². The minimum absolute atomic E-state index is 0.317. The van der Waals surface area contributed by atoms with Gasteiger partial charge in [0.05, 0.1) is 6.61 Å². The number of carbonyl (C=O) groups is 1. The van der Waals surface area contributed by atoms with E-state index in [1.54, 1.807) is 6.92 Å². The highest BCUT2D eigenvalue weighted by Gasteiger charge is 2.19.